The minimum Gasteiger partial charge on any atom is -0.507 e. The fourth-order valence-electron chi connectivity index (χ4n) is 2.15. The molecule has 0 spiro atoms. The summed E-state index contributed by atoms with van der Waals surface area (Å²) in [5, 5.41) is 12.9. The molecule has 3 rings (SSSR count). The number of nitrogens with zero attached hydrogens (tertiary/aromatic N) is 1. The Kier molecular flexibility index (Phi) is 3.82. The lowest BCUT2D eigenvalue weighted by Gasteiger charge is -2.05. The number of halogens is 2. The molecule has 0 heterocycles. The van der Waals surface area contributed by atoms with Crippen LogP contribution in [0.2, 0.25) is 10.0 Å². The lowest BCUT2D eigenvalue weighted by Crippen LogP contribution is -1.86. The number of rotatable bonds is 2. The van der Waals surface area contributed by atoms with Gasteiger partial charge in [0.2, 0.25) is 0 Å². The van der Waals surface area contributed by atoms with Crippen molar-refractivity contribution in [1.82, 2.24) is 0 Å². The highest BCUT2D eigenvalue weighted by molar-refractivity contribution is 6.43. The van der Waals surface area contributed by atoms with E-state index in [1.54, 1.807) is 30.5 Å². The second-order valence-corrected chi connectivity index (χ2v) is 5.34. The Morgan fingerprint density at radius 2 is 1.71 bits per heavy atom. The zero-order valence-corrected chi connectivity index (χ0v) is 12.4. The van der Waals surface area contributed by atoms with E-state index in [4.69, 9.17) is 23.2 Å². The molecule has 1 N–H and O–H groups in total. The molecule has 0 unspecified atom stereocenters. The lowest BCUT2D eigenvalue weighted by atomic mass is 10.0. The number of benzene rings is 3. The van der Waals surface area contributed by atoms with E-state index in [-0.39, 0.29) is 5.75 Å². The molecule has 0 bridgehead atoms. The maximum absolute atomic E-state index is 10.1. The first-order chi connectivity index (χ1) is 10.2. The summed E-state index contributed by atoms with van der Waals surface area (Å²) in [4.78, 5) is 4.35. The van der Waals surface area contributed by atoms with Gasteiger partial charge in [0.1, 0.15) is 5.75 Å². The van der Waals surface area contributed by atoms with Crippen LogP contribution in [0.1, 0.15) is 5.56 Å². The Morgan fingerprint density at radius 3 is 2.57 bits per heavy atom. The normalized spacial score (nSPS) is 11.3. The van der Waals surface area contributed by atoms with Gasteiger partial charge in [0.05, 0.1) is 15.7 Å². The maximum Gasteiger partial charge on any atom is 0.124 e. The molecular formula is C17H11Cl2NO. The van der Waals surface area contributed by atoms with Gasteiger partial charge in [-0.3, -0.25) is 4.99 Å². The molecule has 0 fully saturated rings. The monoisotopic (exact) mass is 315 g/mol. The van der Waals surface area contributed by atoms with E-state index in [2.05, 4.69) is 4.99 Å². The summed E-state index contributed by atoms with van der Waals surface area (Å²) in [6, 6.07) is 16.6. The highest BCUT2D eigenvalue weighted by Crippen LogP contribution is 2.32. The Hall–Kier alpha value is -2.03. The maximum atomic E-state index is 10.1. The summed E-state index contributed by atoms with van der Waals surface area (Å²) in [6.07, 6.45) is 1.61. The van der Waals surface area contributed by atoms with Crippen LogP contribution in [-0.4, -0.2) is 11.3 Å². The second kappa shape index (κ2) is 5.76. The molecule has 21 heavy (non-hydrogen) atoms. The molecule has 2 nitrogen and oxygen atoms in total. The third-order valence-corrected chi connectivity index (χ3v) is 4.02. The van der Waals surface area contributed by atoms with Crippen LogP contribution in [0.4, 0.5) is 5.69 Å². The standard InChI is InChI=1S/C17H11Cl2NO/c18-14-6-3-7-15(17(14)19)20-10-13-12-5-2-1-4-11(12)8-9-16(13)21/h1-10,21H. The van der Waals surface area contributed by atoms with Crippen molar-refractivity contribution in [3.05, 3.63) is 70.2 Å². The number of hydrogen-bond donors (Lipinski definition) is 1. The Morgan fingerprint density at radius 1 is 0.905 bits per heavy atom. The van der Waals surface area contributed by atoms with Crippen LogP contribution < -0.4 is 0 Å². The molecule has 104 valence electrons. The van der Waals surface area contributed by atoms with Gasteiger partial charge in [-0.25, -0.2) is 0 Å². The topological polar surface area (TPSA) is 32.6 Å². The molecule has 3 aromatic rings. The van der Waals surface area contributed by atoms with Crippen molar-refractivity contribution >= 4 is 45.9 Å². The van der Waals surface area contributed by atoms with Crippen LogP contribution in [0.5, 0.6) is 5.75 Å². The molecule has 0 radical (unpaired) electrons. The highest BCUT2D eigenvalue weighted by atomic mass is 35.5. The van der Waals surface area contributed by atoms with Gasteiger partial charge in [-0.05, 0) is 29.0 Å². The summed E-state index contributed by atoms with van der Waals surface area (Å²) in [5.41, 5.74) is 1.22. The number of hydrogen-bond acceptors (Lipinski definition) is 2. The van der Waals surface area contributed by atoms with E-state index in [1.165, 1.54) is 0 Å². The fourth-order valence-corrected chi connectivity index (χ4v) is 2.49. The predicted molar refractivity (Wildman–Crippen MR) is 89.3 cm³/mol. The van der Waals surface area contributed by atoms with E-state index in [1.807, 2.05) is 30.3 Å². The SMILES string of the molecule is Oc1ccc2ccccc2c1C=Nc1cccc(Cl)c1Cl. The Bertz CT molecular complexity index is 843. The minimum absolute atomic E-state index is 0.176. The van der Waals surface area contributed by atoms with Gasteiger partial charge in [0.15, 0.2) is 0 Å². The number of phenolic OH excluding ortho intramolecular Hbond substituents is 1. The van der Waals surface area contributed by atoms with E-state index in [9.17, 15) is 5.11 Å². The van der Waals surface area contributed by atoms with E-state index >= 15 is 0 Å². The Balaban J connectivity index is 2.11. The third kappa shape index (κ3) is 2.73. The quantitative estimate of drug-likeness (QED) is 0.613. The molecule has 0 aliphatic carbocycles. The van der Waals surface area contributed by atoms with E-state index < -0.39 is 0 Å². The zero-order chi connectivity index (χ0) is 14.8. The summed E-state index contributed by atoms with van der Waals surface area (Å²) in [6.45, 7) is 0. The van der Waals surface area contributed by atoms with Crippen molar-refractivity contribution in [3.8, 4) is 5.75 Å². The first-order valence-corrected chi connectivity index (χ1v) is 7.11. The second-order valence-electron chi connectivity index (χ2n) is 4.55. The lowest BCUT2D eigenvalue weighted by molar-refractivity contribution is 0.475. The van der Waals surface area contributed by atoms with Crippen LogP contribution in [0, 0.1) is 0 Å². The molecule has 0 aliphatic heterocycles. The van der Waals surface area contributed by atoms with Gasteiger partial charge in [0, 0.05) is 11.8 Å². The number of phenols is 1. The Labute approximate surface area is 132 Å². The first-order valence-electron chi connectivity index (χ1n) is 6.35. The largest absolute Gasteiger partial charge is 0.507 e. The van der Waals surface area contributed by atoms with Gasteiger partial charge in [0.25, 0.3) is 0 Å². The molecular weight excluding hydrogens is 305 g/mol. The number of aliphatic imine (C=N–C) groups is 1. The van der Waals surface area contributed by atoms with Crippen molar-refractivity contribution in [2.75, 3.05) is 0 Å². The summed E-state index contributed by atoms with van der Waals surface area (Å²) in [5.74, 6) is 0.176. The van der Waals surface area contributed by atoms with Crippen molar-refractivity contribution in [2.24, 2.45) is 4.99 Å². The van der Waals surface area contributed by atoms with Crippen molar-refractivity contribution in [2.45, 2.75) is 0 Å². The molecule has 4 heteroatoms. The van der Waals surface area contributed by atoms with Crippen LogP contribution in [0.3, 0.4) is 0 Å². The highest BCUT2D eigenvalue weighted by Gasteiger charge is 2.06. The van der Waals surface area contributed by atoms with Gasteiger partial charge < -0.3 is 5.11 Å². The fraction of sp³-hybridized carbons (Fsp3) is 0. The van der Waals surface area contributed by atoms with Crippen molar-refractivity contribution in [3.63, 3.8) is 0 Å². The van der Waals surface area contributed by atoms with Gasteiger partial charge in [-0.2, -0.15) is 0 Å². The molecule has 0 atom stereocenters. The zero-order valence-electron chi connectivity index (χ0n) is 10.9. The van der Waals surface area contributed by atoms with E-state index in [0.29, 0.717) is 21.3 Å². The van der Waals surface area contributed by atoms with Crippen LogP contribution >= 0.6 is 23.2 Å². The number of fused-ring (bicyclic) bond motifs is 1. The van der Waals surface area contributed by atoms with Crippen LogP contribution in [0.25, 0.3) is 10.8 Å². The predicted octanol–water partition coefficient (Wildman–Crippen LogP) is 5.60. The van der Waals surface area contributed by atoms with Crippen molar-refractivity contribution < 1.29 is 5.11 Å². The molecule has 0 saturated heterocycles. The average molecular weight is 316 g/mol. The smallest absolute Gasteiger partial charge is 0.124 e. The molecule has 0 aromatic heterocycles. The van der Waals surface area contributed by atoms with Gasteiger partial charge >= 0.3 is 0 Å². The molecule has 0 aliphatic rings. The average Bonchev–Trinajstić information content (AvgIpc) is 2.50. The van der Waals surface area contributed by atoms with E-state index in [0.717, 1.165) is 10.8 Å². The number of aromatic hydroxyl groups is 1. The van der Waals surface area contributed by atoms with Crippen LogP contribution in [0.15, 0.2) is 59.6 Å². The van der Waals surface area contributed by atoms with Crippen molar-refractivity contribution in [1.29, 1.82) is 0 Å². The van der Waals surface area contributed by atoms with Gasteiger partial charge in [-0.1, -0.05) is 59.6 Å². The summed E-state index contributed by atoms with van der Waals surface area (Å²) >= 11 is 12.1. The first kappa shape index (κ1) is 13.9. The summed E-state index contributed by atoms with van der Waals surface area (Å²) < 4.78 is 0. The van der Waals surface area contributed by atoms with Crippen LogP contribution in [-0.2, 0) is 0 Å². The minimum atomic E-state index is 0.176. The molecule has 3 aromatic carbocycles. The van der Waals surface area contributed by atoms with Gasteiger partial charge in [-0.15, -0.1) is 0 Å². The molecule has 0 amide bonds. The summed E-state index contributed by atoms with van der Waals surface area (Å²) in [7, 11) is 0. The molecule has 0 saturated carbocycles. The third-order valence-electron chi connectivity index (χ3n) is 3.21.